The predicted molar refractivity (Wildman–Crippen MR) is 108 cm³/mol. The molecule has 0 unspecified atom stereocenters. The lowest BCUT2D eigenvalue weighted by molar-refractivity contribution is 0.242. The van der Waals surface area contributed by atoms with E-state index in [0.717, 1.165) is 22.9 Å². The molecular weight excluding hydrogens is 340 g/mol. The van der Waals surface area contributed by atoms with E-state index < -0.39 is 0 Å². The first-order valence-electron chi connectivity index (χ1n) is 8.99. The fraction of sp³-hybridized carbons (Fsp3) is 0.238. The zero-order valence-corrected chi connectivity index (χ0v) is 15.8. The number of nitrogens with zero attached hydrogens (tertiary/aromatic N) is 2. The Balaban J connectivity index is 1.64. The number of anilines is 4. The van der Waals surface area contributed by atoms with Gasteiger partial charge in [-0.2, -0.15) is 4.98 Å². The Hall–Kier alpha value is -3.28. The summed E-state index contributed by atoms with van der Waals surface area (Å²) >= 11 is 0. The largest absolute Gasteiger partial charge is 0.494 e. The zero-order valence-electron chi connectivity index (χ0n) is 15.8. The maximum Gasteiger partial charge on any atom is 0.229 e. The van der Waals surface area contributed by atoms with Gasteiger partial charge in [-0.3, -0.25) is 0 Å². The van der Waals surface area contributed by atoms with Crippen molar-refractivity contribution in [3.05, 3.63) is 60.8 Å². The van der Waals surface area contributed by atoms with E-state index in [1.165, 1.54) is 0 Å². The fourth-order valence-electron chi connectivity index (χ4n) is 2.46. The van der Waals surface area contributed by atoms with Crippen LogP contribution in [0.4, 0.5) is 23.1 Å². The molecule has 6 heteroatoms. The summed E-state index contributed by atoms with van der Waals surface area (Å²) in [5.74, 6) is 2.90. The van der Waals surface area contributed by atoms with Gasteiger partial charge in [-0.1, -0.05) is 0 Å². The van der Waals surface area contributed by atoms with Crippen molar-refractivity contribution < 1.29 is 9.47 Å². The van der Waals surface area contributed by atoms with Gasteiger partial charge in [0.2, 0.25) is 5.95 Å². The number of ether oxygens (including phenoxy) is 2. The van der Waals surface area contributed by atoms with Crippen molar-refractivity contribution in [2.75, 3.05) is 17.2 Å². The highest BCUT2D eigenvalue weighted by Crippen LogP contribution is 2.22. The number of nitrogens with one attached hydrogen (secondary N) is 2. The summed E-state index contributed by atoms with van der Waals surface area (Å²) in [6.45, 7) is 6.62. The van der Waals surface area contributed by atoms with Gasteiger partial charge < -0.3 is 20.1 Å². The molecule has 1 heterocycles. The lowest BCUT2D eigenvalue weighted by atomic mass is 10.3. The molecule has 0 aliphatic carbocycles. The van der Waals surface area contributed by atoms with Crippen LogP contribution in [-0.2, 0) is 0 Å². The molecule has 0 aliphatic heterocycles. The highest BCUT2D eigenvalue weighted by atomic mass is 16.5. The van der Waals surface area contributed by atoms with E-state index in [-0.39, 0.29) is 6.10 Å². The van der Waals surface area contributed by atoms with Crippen LogP contribution in [0.1, 0.15) is 20.8 Å². The van der Waals surface area contributed by atoms with E-state index in [1.54, 1.807) is 6.20 Å². The molecule has 3 rings (SSSR count). The Kier molecular flexibility index (Phi) is 6.10. The Morgan fingerprint density at radius 3 is 2.11 bits per heavy atom. The van der Waals surface area contributed by atoms with Gasteiger partial charge in [-0.05, 0) is 75.4 Å². The van der Waals surface area contributed by atoms with Crippen LogP contribution in [-0.4, -0.2) is 22.7 Å². The third-order valence-corrected chi connectivity index (χ3v) is 3.58. The van der Waals surface area contributed by atoms with Crippen molar-refractivity contribution in [1.29, 1.82) is 0 Å². The average Bonchev–Trinajstić information content (AvgIpc) is 2.65. The minimum Gasteiger partial charge on any atom is -0.494 e. The minimum absolute atomic E-state index is 0.150. The van der Waals surface area contributed by atoms with Crippen molar-refractivity contribution >= 4 is 23.1 Å². The fourth-order valence-corrected chi connectivity index (χ4v) is 2.46. The standard InChI is InChI=1S/C21H24N4O2/c1-4-26-18-9-5-16(6-10-18)23-20-13-14-22-21(25-20)24-17-7-11-19(12-8-17)27-15(2)3/h5-15H,4H2,1-3H3,(H2,22,23,24,25). The molecule has 6 nitrogen and oxygen atoms in total. The normalized spacial score (nSPS) is 10.5. The SMILES string of the molecule is CCOc1ccc(Nc2ccnc(Nc3ccc(OC(C)C)cc3)n2)cc1. The molecule has 0 radical (unpaired) electrons. The molecule has 140 valence electrons. The summed E-state index contributed by atoms with van der Waals surface area (Å²) in [6, 6.07) is 17.3. The highest BCUT2D eigenvalue weighted by Gasteiger charge is 2.03. The van der Waals surface area contributed by atoms with Gasteiger partial charge in [-0.15, -0.1) is 0 Å². The molecule has 2 aromatic carbocycles. The lowest BCUT2D eigenvalue weighted by Gasteiger charge is -2.11. The summed E-state index contributed by atoms with van der Waals surface area (Å²) in [4.78, 5) is 8.77. The minimum atomic E-state index is 0.150. The summed E-state index contributed by atoms with van der Waals surface area (Å²) in [5.41, 5.74) is 1.82. The van der Waals surface area contributed by atoms with Crippen molar-refractivity contribution in [2.45, 2.75) is 26.9 Å². The first-order chi connectivity index (χ1) is 13.1. The monoisotopic (exact) mass is 364 g/mol. The van der Waals surface area contributed by atoms with Gasteiger partial charge in [0.25, 0.3) is 0 Å². The topological polar surface area (TPSA) is 68.3 Å². The van der Waals surface area contributed by atoms with Gasteiger partial charge in [0.1, 0.15) is 17.3 Å². The maximum absolute atomic E-state index is 5.65. The van der Waals surface area contributed by atoms with Crippen molar-refractivity contribution in [3.63, 3.8) is 0 Å². The second kappa shape index (κ2) is 8.89. The van der Waals surface area contributed by atoms with Crippen LogP contribution in [0, 0.1) is 0 Å². The van der Waals surface area contributed by atoms with E-state index in [9.17, 15) is 0 Å². The Bertz CT molecular complexity index is 849. The molecule has 0 fully saturated rings. The van der Waals surface area contributed by atoms with E-state index in [2.05, 4.69) is 20.6 Å². The van der Waals surface area contributed by atoms with Crippen molar-refractivity contribution in [1.82, 2.24) is 9.97 Å². The molecule has 27 heavy (non-hydrogen) atoms. The summed E-state index contributed by atoms with van der Waals surface area (Å²) < 4.78 is 11.1. The predicted octanol–water partition coefficient (Wildman–Crippen LogP) is 5.15. The average molecular weight is 364 g/mol. The van der Waals surface area contributed by atoms with Gasteiger partial charge in [0.05, 0.1) is 12.7 Å². The number of hydrogen-bond donors (Lipinski definition) is 2. The highest BCUT2D eigenvalue weighted by molar-refractivity contribution is 5.60. The molecule has 2 N–H and O–H groups in total. The Morgan fingerprint density at radius 2 is 1.48 bits per heavy atom. The van der Waals surface area contributed by atoms with Crippen LogP contribution < -0.4 is 20.1 Å². The molecule has 0 bridgehead atoms. The van der Waals surface area contributed by atoms with Crippen LogP contribution in [0.5, 0.6) is 11.5 Å². The molecule has 0 spiro atoms. The summed E-state index contributed by atoms with van der Waals surface area (Å²) in [7, 11) is 0. The van der Waals surface area contributed by atoms with E-state index in [1.807, 2.05) is 75.4 Å². The first-order valence-corrected chi connectivity index (χ1v) is 8.99. The molecule has 3 aromatic rings. The number of benzene rings is 2. The number of rotatable bonds is 8. The van der Waals surface area contributed by atoms with Crippen LogP contribution >= 0.6 is 0 Å². The van der Waals surface area contributed by atoms with Gasteiger partial charge in [-0.25, -0.2) is 4.98 Å². The van der Waals surface area contributed by atoms with E-state index >= 15 is 0 Å². The molecule has 0 saturated heterocycles. The molecule has 1 aromatic heterocycles. The number of aromatic nitrogens is 2. The Labute approximate surface area is 159 Å². The second-order valence-electron chi connectivity index (χ2n) is 6.16. The van der Waals surface area contributed by atoms with Crippen LogP contribution in [0.3, 0.4) is 0 Å². The zero-order chi connectivity index (χ0) is 19.1. The molecule has 0 atom stereocenters. The number of hydrogen-bond acceptors (Lipinski definition) is 6. The molecular formula is C21H24N4O2. The first kappa shape index (κ1) is 18.5. The van der Waals surface area contributed by atoms with E-state index in [4.69, 9.17) is 9.47 Å². The van der Waals surface area contributed by atoms with Crippen molar-refractivity contribution in [2.24, 2.45) is 0 Å². The van der Waals surface area contributed by atoms with Crippen LogP contribution in [0.2, 0.25) is 0 Å². The van der Waals surface area contributed by atoms with Gasteiger partial charge >= 0.3 is 0 Å². The third kappa shape index (κ3) is 5.60. The molecule has 0 saturated carbocycles. The lowest BCUT2D eigenvalue weighted by Crippen LogP contribution is -2.05. The molecule has 0 aliphatic rings. The Morgan fingerprint density at radius 1 is 0.852 bits per heavy atom. The van der Waals surface area contributed by atoms with E-state index in [0.29, 0.717) is 18.4 Å². The van der Waals surface area contributed by atoms with Gasteiger partial charge in [0, 0.05) is 17.6 Å². The third-order valence-electron chi connectivity index (χ3n) is 3.58. The second-order valence-corrected chi connectivity index (χ2v) is 6.16. The van der Waals surface area contributed by atoms with Crippen LogP contribution in [0.15, 0.2) is 60.8 Å². The maximum atomic E-state index is 5.65. The summed E-state index contributed by atoms with van der Waals surface area (Å²) in [5, 5.41) is 6.46. The smallest absolute Gasteiger partial charge is 0.229 e. The quantitative estimate of drug-likeness (QED) is 0.576. The van der Waals surface area contributed by atoms with Gasteiger partial charge in [0.15, 0.2) is 0 Å². The summed E-state index contributed by atoms with van der Waals surface area (Å²) in [6.07, 6.45) is 1.86. The molecule has 0 amide bonds. The van der Waals surface area contributed by atoms with Crippen LogP contribution in [0.25, 0.3) is 0 Å². The van der Waals surface area contributed by atoms with Crippen molar-refractivity contribution in [3.8, 4) is 11.5 Å².